The minimum absolute atomic E-state index is 0.741. The summed E-state index contributed by atoms with van der Waals surface area (Å²) in [5.74, 6) is 2.69. The minimum Gasteiger partial charge on any atom is -0.373 e. The summed E-state index contributed by atoms with van der Waals surface area (Å²) in [5, 5.41) is 3.05. The molecule has 2 heterocycles. The molecule has 0 aromatic carbocycles. The predicted octanol–water partition coefficient (Wildman–Crippen LogP) is 2.02. The summed E-state index contributed by atoms with van der Waals surface area (Å²) in [6, 6.07) is 1.97. The van der Waals surface area contributed by atoms with Crippen LogP contribution in [0.25, 0.3) is 0 Å². The Hall–Kier alpha value is -1.91. The van der Waals surface area contributed by atoms with Gasteiger partial charge in [0.1, 0.15) is 17.5 Å². The van der Waals surface area contributed by atoms with Gasteiger partial charge in [0.25, 0.3) is 0 Å². The zero-order valence-electron chi connectivity index (χ0n) is 11.1. The molecule has 2 rings (SSSR count). The number of imidazole rings is 1. The van der Waals surface area contributed by atoms with Gasteiger partial charge < -0.3 is 9.88 Å². The quantitative estimate of drug-likeness (QED) is 0.875. The zero-order chi connectivity index (χ0) is 13.0. The van der Waals surface area contributed by atoms with Gasteiger partial charge in [-0.1, -0.05) is 6.92 Å². The normalized spacial score (nSPS) is 10.6. The average Bonchev–Trinajstić information content (AvgIpc) is 2.76. The van der Waals surface area contributed by atoms with E-state index in [0.717, 1.165) is 42.5 Å². The van der Waals surface area contributed by atoms with E-state index in [2.05, 4.69) is 31.8 Å². The molecular formula is C13H19N5. The van der Waals surface area contributed by atoms with Crippen LogP contribution in [0, 0.1) is 6.92 Å². The molecule has 0 aliphatic rings. The van der Waals surface area contributed by atoms with Crippen molar-refractivity contribution in [3.63, 3.8) is 0 Å². The van der Waals surface area contributed by atoms with Crippen molar-refractivity contribution < 1.29 is 0 Å². The molecule has 0 radical (unpaired) electrons. The van der Waals surface area contributed by atoms with E-state index in [4.69, 9.17) is 0 Å². The Bertz CT molecular complexity index is 518. The second-order valence-corrected chi connectivity index (χ2v) is 4.26. The summed E-state index contributed by atoms with van der Waals surface area (Å²) in [6.45, 7) is 5.07. The van der Waals surface area contributed by atoms with Crippen LogP contribution in [0.4, 0.5) is 5.82 Å². The van der Waals surface area contributed by atoms with Gasteiger partial charge in [0, 0.05) is 38.5 Å². The maximum Gasteiger partial charge on any atom is 0.129 e. The molecule has 0 aliphatic heterocycles. The third-order valence-corrected chi connectivity index (χ3v) is 2.75. The van der Waals surface area contributed by atoms with Crippen LogP contribution < -0.4 is 5.32 Å². The van der Waals surface area contributed by atoms with Crippen LogP contribution >= 0.6 is 0 Å². The molecule has 0 saturated carbocycles. The highest BCUT2D eigenvalue weighted by atomic mass is 15.1. The van der Waals surface area contributed by atoms with E-state index in [0.29, 0.717) is 0 Å². The summed E-state index contributed by atoms with van der Waals surface area (Å²) >= 11 is 0. The first-order chi connectivity index (χ1) is 8.72. The lowest BCUT2D eigenvalue weighted by Crippen LogP contribution is -2.06. The number of aryl methyl sites for hydroxylation is 2. The third-order valence-electron chi connectivity index (χ3n) is 2.75. The van der Waals surface area contributed by atoms with Gasteiger partial charge >= 0.3 is 0 Å². The van der Waals surface area contributed by atoms with Crippen LogP contribution in [0.1, 0.15) is 30.7 Å². The summed E-state index contributed by atoms with van der Waals surface area (Å²) in [6.07, 6.45) is 5.71. The van der Waals surface area contributed by atoms with Crippen molar-refractivity contribution in [3.05, 3.63) is 35.8 Å². The van der Waals surface area contributed by atoms with Crippen LogP contribution in [0.2, 0.25) is 0 Å². The lowest BCUT2D eigenvalue weighted by atomic mass is 10.2. The topological polar surface area (TPSA) is 55.6 Å². The van der Waals surface area contributed by atoms with Gasteiger partial charge in [-0.15, -0.1) is 0 Å². The highest BCUT2D eigenvalue weighted by Crippen LogP contribution is 2.11. The Morgan fingerprint density at radius 3 is 2.89 bits per heavy atom. The Morgan fingerprint density at radius 2 is 2.17 bits per heavy atom. The predicted molar refractivity (Wildman–Crippen MR) is 71.6 cm³/mol. The smallest absolute Gasteiger partial charge is 0.129 e. The Balaban J connectivity index is 2.22. The molecule has 2 aromatic heterocycles. The molecule has 0 atom stereocenters. The molecular weight excluding hydrogens is 226 g/mol. The highest BCUT2D eigenvalue weighted by Gasteiger charge is 2.06. The Kier molecular flexibility index (Phi) is 3.92. The van der Waals surface area contributed by atoms with E-state index < -0.39 is 0 Å². The van der Waals surface area contributed by atoms with E-state index in [9.17, 15) is 0 Å². The van der Waals surface area contributed by atoms with Crippen LogP contribution in [0.5, 0.6) is 0 Å². The number of aromatic nitrogens is 4. The minimum atomic E-state index is 0.741. The Morgan fingerprint density at radius 1 is 1.33 bits per heavy atom. The van der Waals surface area contributed by atoms with Gasteiger partial charge in [-0.2, -0.15) is 0 Å². The van der Waals surface area contributed by atoms with Gasteiger partial charge in [-0.05, 0) is 13.3 Å². The maximum atomic E-state index is 4.45. The van der Waals surface area contributed by atoms with Gasteiger partial charge in [0.05, 0.1) is 5.69 Å². The molecule has 5 nitrogen and oxygen atoms in total. The van der Waals surface area contributed by atoms with E-state index in [-0.39, 0.29) is 0 Å². The molecule has 0 spiro atoms. The summed E-state index contributed by atoms with van der Waals surface area (Å²) in [4.78, 5) is 13.1. The fourth-order valence-electron chi connectivity index (χ4n) is 1.96. The first-order valence-corrected chi connectivity index (χ1v) is 6.25. The fourth-order valence-corrected chi connectivity index (χ4v) is 1.96. The SMILES string of the molecule is CCCn1ccnc1Cc1cc(NC)nc(C)n1. The number of nitrogens with zero attached hydrogens (tertiary/aromatic N) is 4. The Labute approximate surface area is 107 Å². The molecule has 96 valence electrons. The third kappa shape index (κ3) is 2.85. The molecule has 1 N–H and O–H groups in total. The molecule has 18 heavy (non-hydrogen) atoms. The number of hydrogen-bond donors (Lipinski definition) is 1. The number of rotatable bonds is 5. The molecule has 0 fully saturated rings. The average molecular weight is 245 g/mol. The van der Waals surface area contributed by atoms with Crippen LogP contribution in [0.15, 0.2) is 18.5 Å². The van der Waals surface area contributed by atoms with Gasteiger partial charge in [-0.25, -0.2) is 15.0 Å². The number of anilines is 1. The van der Waals surface area contributed by atoms with Crippen molar-refractivity contribution in [1.82, 2.24) is 19.5 Å². The molecule has 0 saturated heterocycles. The lowest BCUT2D eigenvalue weighted by Gasteiger charge is -2.07. The van der Waals surface area contributed by atoms with Crippen molar-refractivity contribution >= 4 is 5.82 Å². The van der Waals surface area contributed by atoms with Gasteiger partial charge in [-0.3, -0.25) is 0 Å². The van der Waals surface area contributed by atoms with Crippen LogP contribution in [0.3, 0.4) is 0 Å². The monoisotopic (exact) mass is 245 g/mol. The van der Waals surface area contributed by atoms with Crippen molar-refractivity contribution in [2.24, 2.45) is 0 Å². The van der Waals surface area contributed by atoms with E-state index in [1.807, 2.05) is 32.4 Å². The molecule has 2 aromatic rings. The summed E-state index contributed by atoms with van der Waals surface area (Å²) < 4.78 is 2.18. The number of hydrogen-bond acceptors (Lipinski definition) is 4. The van der Waals surface area contributed by atoms with Gasteiger partial charge in [0.15, 0.2) is 0 Å². The summed E-state index contributed by atoms with van der Waals surface area (Å²) in [5.41, 5.74) is 0.996. The van der Waals surface area contributed by atoms with Gasteiger partial charge in [0.2, 0.25) is 0 Å². The standard InChI is InChI=1S/C13H19N5/c1-4-6-18-7-5-15-13(18)9-11-8-12(14-3)17-10(2)16-11/h5,7-8H,4,6,9H2,1-3H3,(H,14,16,17). The van der Waals surface area contributed by atoms with E-state index in [1.165, 1.54) is 0 Å². The zero-order valence-corrected chi connectivity index (χ0v) is 11.1. The number of nitrogens with one attached hydrogen (secondary N) is 1. The highest BCUT2D eigenvalue weighted by molar-refractivity contribution is 5.35. The molecule has 5 heteroatoms. The molecule has 0 unspecified atom stereocenters. The van der Waals surface area contributed by atoms with Crippen LogP contribution in [-0.2, 0) is 13.0 Å². The first-order valence-electron chi connectivity index (χ1n) is 6.25. The largest absolute Gasteiger partial charge is 0.373 e. The van der Waals surface area contributed by atoms with Crippen molar-refractivity contribution in [2.75, 3.05) is 12.4 Å². The van der Waals surface area contributed by atoms with E-state index >= 15 is 0 Å². The maximum absolute atomic E-state index is 4.45. The lowest BCUT2D eigenvalue weighted by molar-refractivity contribution is 0.644. The second-order valence-electron chi connectivity index (χ2n) is 4.26. The fraction of sp³-hybridized carbons (Fsp3) is 0.462. The summed E-state index contributed by atoms with van der Waals surface area (Å²) in [7, 11) is 1.86. The molecule has 0 bridgehead atoms. The van der Waals surface area contributed by atoms with E-state index in [1.54, 1.807) is 0 Å². The second kappa shape index (κ2) is 5.62. The van der Waals surface area contributed by atoms with Crippen molar-refractivity contribution in [1.29, 1.82) is 0 Å². The van der Waals surface area contributed by atoms with Crippen molar-refractivity contribution in [3.8, 4) is 0 Å². The first kappa shape index (κ1) is 12.5. The van der Waals surface area contributed by atoms with Crippen molar-refractivity contribution in [2.45, 2.75) is 33.2 Å². The molecule has 0 aliphatic carbocycles. The molecule has 0 amide bonds. The van der Waals surface area contributed by atoms with Crippen LogP contribution in [-0.4, -0.2) is 26.6 Å².